The van der Waals surface area contributed by atoms with E-state index in [-0.39, 0.29) is 36.8 Å². The van der Waals surface area contributed by atoms with Gasteiger partial charge in [-0.25, -0.2) is 13.4 Å². The molecule has 0 saturated heterocycles. The molecule has 0 aromatic rings. The van der Waals surface area contributed by atoms with E-state index in [1.54, 1.807) is 20.8 Å². The standard InChI is InChI=1S/C30H57N5O7S/c1-6-13-34(14-7-2)30(40)24-17-22(28(31)38)16-23(18-24)29(39)32-26(15-21-9-11-25(36)12-10-21)27(37)19-35(8-3)33-43(41,42)20(4)5/h20-27,33,36-37H,6-19H2,1-5H3,(H2,31,38)(H,32,39). The van der Waals surface area contributed by atoms with E-state index in [1.807, 2.05) is 18.7 Å². The Balaban J connectivity index is 2.24. The van der Waals surface area contributed by atoms with Gasteiger partial charge in [0, 0.05) is 43.9 Å². The van der Waals surface area contributed by atoms with Crippen molar-refractivity contribution in [1.82, 2.24) is 20.1 Å². The number of hydrazine groups is 1. The molecule has 0 aliphatic heterocycles. The zero-order valence-corrected chi connectivity index (χ0v) is 27.7. The van der Waals surface area contributed by atoms with E-state index in [1.165, 1.54) is 5.01 Å². The van der Waals surface area contributed by atoms with Gasteiger partial charge in [0.25, 0.3) is 0 Å². The number of sulfonamides is 1. The largest absolute Gasteiger partial charge is 0.393 e. The summed E-state index contributed by atoms with van der Waals surface area (Å²) < 4.78 is 25.0. The van der Waals surface area contributed by atoms with Crippen LogP contribution in [0.4, 0.5) is 0 Å². The summed E-state index contributed by atoms with van der Waals surface area (Å²) in [6.07, 6.45) is 4.29. The quantitative estimate of drug-likeness (QED) is 0.150. The van der Waals surface area contributed by atoms with E-state index in [0.717, 1.165) is 25.7 Å². The molecule has 2 aliphatic rings. The molecule has 0 heterocycles. The summed E-state index contributed by atoms with van der Waals surface area (Å²) >= 11 is 0. The molecule has 2 saturated carbocycles. The van der Waals surface area contributed by atoms with Crippen LogP contribution in [0.3, 0.4) is 0 Å². The molecule has 0 aromatic heterocycles. The van der Waals surface area contributed by atoms with Crippen molar-refractivity contribution in [3.8, 4) is 0 Å². The third-order valence-electron chi connectivity index (χ3n) is 8.99. The zero-order chi connectivity index (χ0) is 32.3. The fourth-order valence-electron chi connectivity index (χ4n) is 6.32. The van der Waals surface area contributed by atoms with Gasteiger partial charge in [0.05, 0.1) is 23.5 Å². The van der Waals surface area contributed by atoms with Crippen LogP contribution in [0.5, 0.6) is 0 Å². The number of carbonyl (C=O) groups is 3. The van der Waals surface area contributed by atoms with Crippen molar-refractivity contribution in [2.24, 2.45) is 29.4 Å². The van der Waals surface area contributed by atoms with Crippen LogP contribution in [-0.4, -0.2) is 95.9 Å². The molecule has 43 heavy (non-hydrogen) atoms. The highest BCUT2D eigenvalue weighted by molar-refractivity contribution is 7.90. The fourth-order valence-corrected chi connectivity index (χ4v) is 7.09. The number of nitrogens with zero attached hydrogens (tertiary/aromatic N) is 2. The molecule has 2 rings (SSSR count). The lowest BCUT2D eigenvalue weighted by Gasteiger charge is -2.37. The second-order valence-corrected chi connectivity index (χ2v) is 15.1. The Morgan fingerprint density at radius 3 is 2.00 bits per heavy atom. The average molecular weight is 632 g/mol. The molecular formula is C30H57N5O7S. The van der Waals surface area contributed by atoms with Gasteiger partial charge in [0.2, 0.25) is 27.7 Å². The van der Waals surface area contributed by atoms with Crippen LogP contribution >= 0.6 is 0 Å². The number of hydrogen-bond donors (Lipinski definition) is 5. The summed E-state index contributed by atoms with van der Waals surface area (Å²) in [6.45, 7) is 10.4. The Kier molecular flexibility index (Phi) is 15.3. The van der Waals surface area contributed by atoms with Gasteiger partial charge >= 0.3 is 0 Å². The number of likely N-dealkylation sites (N-methyl/N-ethyl adjacent to an activating group) is 1. The maximum absolute atomic E-state index is 13.8. The predicted molar refractivity (Wildman–Crippen MR) is 166 cm³/mol. The van der Waals surface area contributed by atoms with Crippen molar-refractivity contribution >= 4 is 27.7 Å². The lowest BCUT2D eigenvalue weighted by atomic mass is 9.73. The van der Waals surface area contributed by atoms with E-state index in [4.69, 9.17) is 5.73 Å². The molecule has 0 aromatic carbocycles. The van der Waals surface area contributed by atoms with Gasteiger partial charge in [0.1, 0.15) is 0 Å². The Morgan fingerprint density at radius 1 is 0.930 bits per heavy atom. The number of aliphatic hydroxyl groups is 2. The van der Waals surface area contributed by atoms with Crippen LogP contribution in [0.2, 0.25) is 0 Å². The molecule has 2 fully saturated rings. The first-order valence-corrected chi connectivity index (χ1v) is 17.8. The molecule has 0 radical (unpaired) electrons. The van der Waals surface area contributed by atoms with Crippen molar-refractivity contribution in [3.63, 3.8) is 0 Å². The van der Waals surface area contributed by atoms with Crippen molar-refractivity contribution < 1.29 is 33.0 Å². The summed E-state index contributed by atoms with van der Waals surface area (Å²) in [5, 5.41) is 25.1. The topological polar surface area (TPSA) is 182 Å². The van der Waals surface area contributed by atoms with Crippen LogP contribution < -0.4 is 15.9 Å². The van der Waals surface area contributed by atoms with E-state index in [2.05, 4.69) is 10.1 Å². The highest BCUT2D eigenvalue weighted by Crippen LogP contribution is 2.35. The smallest absolute Gasteiger partial charge is 0.226 e. The normalized spacial score (nSPS) is 26.2. The number of primary amides is 1. The van der Waals surface area contributed by atoms with Crippen LogP contribution in [0, 0.1) is 23.7 Å². The Hall–Kier alpha value is -1.80. The van der Waals surface area contributed by atoms with Crippen LogP contribution in [-0.2, 0) is 24.4 Å². The molecular weight excluding hydrogens is 574 g/mol. The average Bonchev–Trinajstić information content (AvgIpc) is 2.96. The second-order valence-electron chi connectivity index (χ2n) is 12.8. The predicted octanol–water partition coefficient (Wildman–Crippen LogP) is 1.50. The molecule has 13 heteroatoms. The van der Waals surface area contributed by atoms with Crippen molar-refractivity contribution in [2.75, 3.05) is 26.2 Å². The SMILES string of the molecule is CCCN(CCC)C(=O)C1CC(C(N)=O)CC(C(=O)NC(CC2CCC(O)CC2)C(O)CN(CC)NS(=O)(=O)C(C)C)C1. The molecule has 6 N–H and O–H groups in total. The first-order valence-electron chi connectivity index (χ1n) is 16.2. The summed E-state index contributed by atoms with van der Waals surface area (Å²) in [7, 11) is -3.63. The molecule has 3 amide bonds. The summed E-state index contributed by atoms with van der Waals surface area (Å²) in [4.78, 5) is 43.9. The lowest BCUT2D eigenvalue weighted by molar-refractivity contribution is -0.141. The maximum Gasteiger partial charge on any atom is 0.226 e. The number of aliphatic hydroxyl groups excluding tert-OH is 2. The summed E-state index contributed by atoms with van der Waals surface area (Å²) in [5.74, 6) is -2.48. The van der Waals surface area contributed by atoms with Gasteiger partial charge in [-0.1, -0.05) is 20.8 Å². The molecule has 2 aliphatic carbocycles. The fraction of sp³-hybridized carbons (Fsp3) is 0.900. The van der Waals surface area contributed by atoms with E-state index < -0.39 is 51.1 Å². The Morgan fingerprint density at radius 2 is 1.49 bits per heavy atom. The van der Waals surface area contributed by atoms with Crippen molar-refractivity contribution in [2.45, 2.75) is 122 Å². The van der Waals surface area contributed by atoms with Crippen LogP contribution in [0.15, 0.2) is 0 Å². The minimum absolute atomic E-state index is 0.0403. The van der Waals surface area contributed by atoms with Crippen molar-refractivity contribution in [1.29, 1.82) is 0 Å². The molecule has 0 spiro atoms. The van der Waals surface area contributed by atoms with Gasteiger partial charge in [-0.3, -0.25) is 14.4 Å². The maximum atomic E-state index is 13.8. The number of nitrogens with one attached hydrogen (secondary N) is 2. The molecule has 0 bridgehead atoms. The number of carbonyl (C=O) groups excluding carboxylic acids is 3. The van der Waals surface area contributed by atoms with E-state index in [9.17, 15) is 33.0 Å². The monoisotopic (exact) mass is 631 g/mol. The Labute approximate surface area is 258 Å². The first kappa shape index (κ1) is 37.4. The minimum atomic E-state index is -3.63. The molecule has 5 atom stereocenters. The number of nitrogens with two attached hydrogens (primary N) is 1. The Bertz CT molecular complexity index is 997. The molecule has 12 nitrogen and oxygen atoms in total. The van der Waals surface area contributed by atoms with Crippen LogP contribution in [0.25, 0.3) is 0 Å². The zero-order valence-electron chi connectivity index (χ0n) is 26.8. The van der Waals surface area contributed by atoms with E-state index in [0.29, 0.717) is 51.7 Å². The van der Waals surface area contributed by atoms with Gasteiger partial charge in [-0.05, 0) is 84.0 Å². The summed E-state index contributed by atoms with van der Waals surface area (Å²) in [6, 6.07) is -0.690. The third kappa shape index (κ3) is 11.6. The number of rotatable bonds is 17. The molecule has 5 unspecified atom stereocenters. The van der Waals surface area contributed by atoms with Gasteiger partial charge in [-0.2, -0.15) is 0 Å². The lowest BCUT2D eigenvalue weighted by Crippen LogP contribution is -2.55. The third-order valence-corrected chi connectivity index (χ3v) is 10.7. The van der Waals surface area contributed by atoms with Gasteiger partial charge < -0.3 is 26.2 Å². The van der Waals surface area contributed by atoms with Crippen LogP contribution in [0.1, 0.15) is 98.8 Å². The minimum Gasteiger partial charge on any atom is -0.393 e. The van der Waals surface area contributed by atoms with E-state index >= 15 is 0 Å². The summed E-state index contributed by atoms with van der Waals surface area (Å²) in [5.41, 5.74) is 5.69. The highest BCUT2D eigenvalue weighted by Gasteiger charge is 2.41. The second kappa shape index (κ2) is 17.6. The molecule has 250 valence electrons. The number of amides is 3. The first-order chi connectivity index (χ1) is 20.2. The van der Waals surface area contributed by atoms with Gasteiger partial charge in [-0.15, -0.1) is 4.83 Å². The van der Waals surface area contributed by atoms with Gasteiger partial charge in [0.15, 0.2) is 0 Å². The van der Waals surface area contributed by atoms with Crippen molar-refractivity contribution in [3.05, 3.63) is 0 Å². The number of hydrogen-bond acceptors (Lipinski definition) is 8. The highest BCUT2D eigenvalue weighted by atomic mass is 32.2.